The smallest absolute Gasteiger partial charge is 0.336 e. The summed E-state index contributed by atoms with van der Waals surface area (Å²) in [5.41, 5.74) is 0.718. The lowest BCUT2D eigenvalue weighted by atomic mass is 9.97. The Balaban J connectivity index is 2.07. The van der Waals surface area contributed by atoms with Gasteiger partial charge in [-0.2, -0.15) is 0 Å². The average Bonchev–Trinajstić information content (AvgIpc) is 2.41. The van der Waals surface area contributed by atoms with Crippen LogP contribution in [0.25, 0.3) is 0 Å². The first-order valence-electron chi connectivity index (χ1n) is 6.83. The van der Waals surface area contributed by atoms with Gasteiger partial charge in [0.25, 0.3) is 0 Å². The van der Waals surface area contributed by atoms with E-state index in [0.29, 0.717) is 18.0 Å². The van der Waals surface area contributed by atoms with Crippen LogP contribution in [0.4, 0.5) is 4.39 Å². The SMILES string of the molecule is COCC1CCCN(Cc2ccc(F)cc2C(=O)O)C1. The molecule has 4 nitrogen and oxygen atoms in total. The Morgan fingerprint density at radius 2 is 2.35 bits per heavy atom. The van der Waals surface area contributed by atoms with Gasteiger partial charge in [0.2, 0.25) is 0 Å². The maximum atomic E-state index is 13.2. The maximum Gasteiger partial charge on any atom is 0.336 e. The number of carboxylic acids is 1. The molecule has 1 atom stereocenters. The molecule has 0 aromatic heterocycles. The van der Waals surface area contributed by atoms with E-state index >= 15 is 0 Å². The zero-order chi connectivity index (χ0) is 14.5. The second kappa shape index (κ2) is 6.81. The number of ether oxygens (including phenoxy) is 1. The molecule has 1 unspecified atom stereocenters. The number of hydrogen-bond acceptors (Lipinski definition) is 3. The number of nitrogens with zero attached hydrogens (tertiary/aromatic N) is 1. The van der Waals surface area contributed by atoms with E-state index in [2.05, 4.69) is 4.90 Å². The van der Waals surface area contributed by atoms with Crippen LogP contribution in [0.3, 0.4) is 0 Å². The highest BCUT2D eigenvalue weighted by atomic mass is 19.1. The van der Waals surface area contributed by atoms with Crippen LogP contribution in [0.15, 0.2) is 18.2 Å². The van der Waals surface area contributed by atoms with Crippen LogP contribution in [-0.4, -0.2) is 42.8 Å². The minimum absolute atomic E-state index is 0.0545. The van der Waals surface area contributed by atoms with E-state index in [-0.39, 0.29) is 5.56 Å². The van der Waals surface area contributed by atoms with E-state index in [1.807, 2.05) is 0 Å². The molecule has 1 aliphatic rings. The third-order valence-electron chi connectivity index (χ3n) is 3.70. The van der Waals surface area contributed by atoms with Crippen molar-refractivity contribution < 1.29 is 19.0 Å². The Morgan fingerprint density at radius 3 is 3.05 bits per heavy atom. The van der Waals surface area contributed by atoms with Gasteiger partial charge in [0.05, 0.1) is 12.2 Å². The number of hydrogen-bond donors (Lipinski definition) is 1. The van der Waals surface area contributed by atoms with Crippen molar-refractivity contribution in [3.8, 4) is 0 Å². The Bertz CT molecular complexity index is 476. The molecule has 1 aromatic carbocycles. The molecule has 0 saturated carbocycles. The summed E-state index contributed by atoms with van der Waals surface area (Å²) in [6.45, 7) is 3.11. The number of methoxy groups -OCH3 is 1. The van der Waals surface area contributed by atoms with Crippen molar-refractivity contribution in [2.24, 2.45) is 5.92 Å². The first kappa shape index (κ1) is 14.9. The predicted octanol–water partition coefficient (Wildman–Crippen LogP) is 2.38. The van der Waals surface area contributed by atoms with Crippen molar-refractivity contribution in [3.63, 3.8) is 0 Å². The quantitative estimate of drug-likeness (QED) is 0.900. The lowest BCUT2D eigenvalue weighted by Gasteiger charge is -2.32. The number of rotatable bonds is 5. The topological polar surface area (TPSA) is 49.8 Å². The standard InChI is InChI=1S/C15H20FNO3/c1-20-10-11-3-2-6-17(8-11)9-12-4-5-13(16)7-14(12)15(18)19/h4-5,7,11H,2-3,6,8-10H2,1H3,(H,18,19). The number of halogens is 1. The highest BCUT2D eigenvalue weighted by Gasteiger charge is 2.21. The molecule has 1 saturated heterocycles. The van der Waals surface area contributed by atoms with Crippen molar-refractivity contribution in [2.75, 3.05) is 26.8 Å². The maximum absolute atomic E-state index is 13.2. The average molecular weight is 281 g/mol. The van der Waals surface area contributed by atoms with Crippen LogP contribution in [0.2, 0.25) is 0 Å². The summed E-state index contributed by atoms with van der Waals surface area (Å²) in [6, 6.07) is 3.98. The molecule has 0 amide bonds. The van der Waals surface area contributed by atoms with Crippen molar-refractivity contribution in [2.45, 2.75) is 19.4 Å². The first-order chi connectivity index (χ1) is 9.60. The lowest BCUT2D eigenvalue weighted by Crippen LogP contribution is -2.36. The number of likely N-dealkylation sites (tertiary alicyclic amines) is 1. The molecule has 1 fully saturated rings. The number of benzene rings is 1. The van der Waals surface area contributed by atoms with E-state index < -0.39 is 11.8 Å². The molecule has 5 heteroatoms. The van der Waals surface area contributed by atoms with Crippen molar-refractivity contribution in [3.05, 3.63) is 35.1 Å². The molecule has 2 rings (SSSR count). The molecule has 0 aliphatic carbocycles. The summed E-state index contributed by atoms with van der Waals surface area (Å²) in [6.07, 6.45) is 2.22. The molecule has 20 heavy (non-hydrogen) atoms. The van der Waals surface area contributed by atoms with Crippen LogP contribution < -0.4 is 0 Å². The molecule has 1 aromatic rings. The Labute approximate surface area is 118 Å². The van der Waals surface area contributed by atoms with Gasteiger partial charge in [0.1, 0.15) is 5.82 Å². The van der Waals surface area contributed by atoms with Crippen molar-refractivity contribution >= 4 is 5.97 Å². The van der Waals surface area contributed by atoms with Gasteiger partial charge in [-0.15, -0.1) is 0 Å². The van der Waals surface area contributed by atoms with E-state index in [1.165, 1.54) is 6.07 Å². The third kappa shape index (κ3) is 3.77. The molecular formula is C15H20FNO3. The van der Waals surface area contributed by atoms with Gasteiger partial charge >= 0.3 is 5.97 Å². The van der Waals surface area contributed by atoms with E-state index in [1.54, 1.807) is 13.2 Å². The van der Waals surface area contributed by atoms with Crippen molar-refractivity contribution in [1.29, 1.82) is 0 Å². The van der Waals surface area contributed by atoms with Gasteiger partial charge in [-0.25, -0.2) is 9.18 Å². The predicted molar refractivity (Wildman–Crippen MR) is 73.2 cm³/mol. The first-order valence-corrected chi connectivity index (χ1v) is 6.83. The summed E-state index contributed by atoms with van der Waals surface area (Å²) in [7, 11) is 1.70. The lowest BCUT2D eigenvalue weighted by molar-refractivity contribution is 0.0688. The highest BCUT2D eigenvalue weighted by Crippen LogP contribution is 2.20. The van der Waals surface area contributed by atoms with Crippen molar-refractivity contribution in [1.82, 2.24) is 4.90 Å². The number of piperidine rings is 1. The van der Waals surface area contributed by atoms with Gasteiger partial charge in [-0.05, 0) is 43.0 Å². The van der Waals surface area contributed by atoms with Gasteiger partial charge in [-0.3, -0.25) is 4.90 Å². The number of carbonyl (C=O) groups is 1. The van der Waals surface area contributed by atoms with Gasteiger partial charge in [0.15, 0.2) is 0 Å². The number of aromatic carboxylic acids is 1. The van der Waals surface area contributed by atoms with E-state index in [4.69, 9.17) is 9.84 Å². The van der Waals surface area contributed by atoms with Crippen LogP contribution in [0.5, 0.6) is 0 Å². The fourth-order valence-electron chi connectivity index (χ4n) is 2.79. The highest BCUT2D eigenvalue weighted by molar-refractivity contribution is 5.89. The minimum Gasteiger partial charge on any atom is -0.478 e. The monoisotopic (exact) mass is 281 g/mol. The van der Waals surface area contributed by atoms with Crippen LogP contribution in [0.1, 0.15) is 28.8 Å². The van der Waals surface area contributed by atoms with E-state index in [0.717, 1.165) is 38.6 Å². The Hall–Kier alpha value is -1.46. The van der Waals surface area contributed by atoms with Crippen LogP contribution in [-0.2, 0) is 11.3 Å². The van der Waals surface area contributed by atoms with Crippen LogP contribution >= 0.6 is 0 Å². The Kier molecular flexibility index (Phi) is 5.09. The molecule has 1 aliphatic heterocycles. The van der Waals surface area contributed by atoms with Crippen LogP contribution in [0, 0.1) is 11.7 Å². The zero-order valence-corrected chi connectivity index (χ0v) is 11.6. The molecule has 1 heterocycles. The normalized spacial score (nSPS) is 20.0. The summed E-state index contributed by atoms with van der Waals surface area (Å²) in [4.78, 5) is 13.4. The largest absolute Gasteiger partial charge is 0.478 e. The molecule has 1 N–H and O–H groups in total. The third-order valence-corrected chi connectivity index (χ3v) is 3.70. The fraction of sp³-hybridized carbons (Fsp3) is 0.533. The summed E-state index contributed by atoms with van der Waals surface area (Å²) in [5.74, 6) is -1.10. The molecule has 0 bridgehead atoms. The summed E-state index contributed by atoms with van der Waals surface area (Å²) >= 11 is 0. The van der Waals surface area contributed by atoms with Gasteiger partial charge in [0, 0.05) is 20.2 Å². The molecule has 0 spiro atoms. The summed E-state index contributed by atoms with van der Waals surface area (Å²) < 4.78 is 18.3. The second-order valence-electron chi connectivity index (χ2n) is 5.31. The minimum atomic E-state index is -1.08. The fourth-order valence-corrected chi connectivity index (χ4v) is 2.79. The molecular weight excluding hydrogens is 261 g/mol. The van der Waals surface area contributed by atoms with E-state index in [9.17, 15) is 9.18 Å². The Morgan fingerprint density at radius 1 is 1.55 bits per heavy atom. The second-order valence-corrected chi connectivity index (χ2v) is 5.31. The summed E-state index contributed by atoms with van der Waals surface area (Å²) in [5, 5.41) is 9.15. The molecule has 0 radical (unpaired) electrons. The number of carboxylic acid groups (broad SMARTS) is 1. The van der Waals surface area contributed by atoms with Gasteiger partial charge < -0.3 is 9.84 Å². The molecule has 110 valence electrons. The zero-order valence-electron chi connectivity index (χ0n) is 11.6. The van der Waals surface area contributed by atoms with Gasteiger partial charge in [-0.1, -0.05) is 6.07 Å².